The molecule has 0 radical (unpaired) electrons. The number of para-hydroxylation sites is 2. The fraction of sp³-hybridized carbons (Fsp3) is 0.143. The summed E-state index contributed by atoms with van der Waals surface area (Å²) < 4.78 is 10.8. The summed E-state index contributed by atoms with van der Waals surface area (Å²) in [4.78, 5) is 0. The molecule has 0 amide bonds. The third kappa shape index (κ3) is 7.42. The summed E-state index contributed by atoms with van der Waals surface area (Å²) in [7, 11) is -0.0129. The molecule has 0 saturated heterocycles. The van der Waals surface area contributed by atoms with Gasteiger partial charge in [0.15, 0.2) is 0 Å². The first-order valence-corrected chi connectivity index (χ1v) is 6.59. The highest BCUT2D eigenvalue weighted by Crippen LogP contribution is 2.23. The Hall–Kier alpha value is -1.61. The van der Waals surface area contributed by atoms with Crippen molar-refractivity contribution >= 4 is 9.03 Å². The molecule has 19 heavy (non-hydrogen) atoms. The molecule has 5 heteroatoms. The van der Waals surface area contributed by atoms with Gasteiger partial charge in [0.2, 0.25) is 0 Å². The normalized spacial score (nSPS) is 9.16. The first kappa shape index (κ1) is 15.4. The van der Waals surface area contributed by atoms with Gasteiger partial charge in [-0.1, -0.05) is 36.4 Å². The van der Waals surface area contributed by atoms with E-state index in [0.717, 1.165) is 11.5 Å². The van der Waals surface area contributed by atoms with E-state index in [0.29, 0.717) is 0 Å². The monoisotopic (exact) mass is 280 g/mol. The fourth-order valence-electron chi connectivity index (χ4n) is 1.09. The van der Waals surface area contributed by atoms with Gasteiger partial charge in [-0.05, 0) is 24.3 Å². The Kier molecular flexibility index (Phi) is 8.39. The van der Waals surface area contributed by atoms with Crippen LogP contribution in [0.2, 0.25) is 0 Å². The van der Waals surface area contributed by atoms with Crippen LogP contribution < -0.4 is 9.05 Å². The standard InChI is InChI=1S/C12H11O2P.C2H6O2/c1-3-7-11(8-4-1)13-15-14-12-9-5-2-6-10-12;3-1-2-4/h1-10,15H;3-4H,1-2H2. The SMILES string of the molecule is OCCO.c1ccc(OPOc2ccccc2)cc1. The van der Waals surface area contributed by atoms with E-state index in [4.69, 9.17) is 19.3 Å². The Balaban J connectivity index is 0.000000399. The summed E-state index contributed by atoms with van der Waals surface area (Å²) in [5.41, 5.74) is 0. The molecule has 0 aliphatic rings. The van der Waals surface area contributed by atoms with Crippen molar-refractivity contribution in [3.8, 4) is 11.5 Å². The smallest absolute Gasteiger partial charge is 0.275 e. The third-order valence-electron chi connectivity index (χ3n) is 1.91. The molecule has 0 spiro atoms. The second kappa shape index (κ2) is 10.3. The highest BCUT2D eigenvalue weighted by atomic mass is 31.1. The van der Waals surface area contributed by atoms with E-state index in [2.05, 4.69) is 0 Å². The van der Waals surface area contributed by atoms with Crippen LogP contribution in [0.3, 0.4) is 0 Å². The fourth-order valence-corrected chi connectivity index (χ4v) is 1.60. The summed E-state index contributed by atoms with van der Waals surface area (Å²) in [6.07, 6.45) is 0. The molecule has 0 saturated carbocycles. The maximum atomic E-state index is 7.62. The summed E-state index contributed by atoms with van der Waals surface area (Å²) in [6.45, 7) is -0.250. The average Bonchev–Trinajstić information content (AvgIpc) is 2.50. The molecule has 2 aromatic rings. The number of aliphatic hydroxyl groups excluding tert-OH is 2. The highest BCUT2D eigenvalue weighted by Gasteiger charge is 1.93. The number of hydrogen-bond donors (Lipinski definition) is 2. The molecule has 0 aromatic heterocycles. The average molecular weight is 280 g/mol. The van der Waals surface area contributed by atoms with Gasteiger partial charge in [0.25, 0.3) is 9.03 Å². The van der Waals surface area contributed by atoms with Crippen molar-refractivity contribution in [2.45, 2.75) is 0 Å². The van der Waals surface area contributed by atoms with Gasteiger partial charge in [0, 0.05) is 0 Å². The van der Waals surface area contributed by atoms with Crippen molar-refractivity contribution < 1.29 is 19.3 Å². The number of aliphatic hydroxyl groups is 2. The van der Waals surface area contributed by atoms with Crippen LogP contribution in [0.25, 0.3) is 0 Å². The van der Waals surface area contributed by atoms with Gasteiger partial charge in [0.05, 0.1) is 13.2 Å². The summed E-state index contributed by atoms with van der Waals surface area (Å²) >= 11 is 0. The van der Waals surface area contributed by atoms with E-state index in [1.165, 1.54) is 0 Å². The van der Waals surface area contributed by atoms with Crippen LogP contribution in [0.15, 0.2) is 60.7 Å². The minimum atomic E-state index is -0.125. The molecule has 2 aromatic carbocycles. The Morgan fingerprint density at radius 1 is 0.684 bits per heavy atom. The lowest BCUT2D eigenvalue weighted by Crippen LogP contribution is -1.85. The quantitative estimate of drug-likeness (QED) is 0.827. The summed E-state index contributed by atoms with van der Waals surface area (Å²) in [5.74, 6) is 1.65. The molecule has 2 rings (SSSR count). The van der Waals surface area contributed by atoms with Crippen molar-refractivity contribution in [2.24, 2.45) is 0 Å². The molecule has 0 aliphatic heterocycles. The number of benzene rings is 2. The van der Waals surface area contributed by atoms with Crippen molar-refractivity contribution in [1.82, 2.24) is 0 Å². The van der Waals surface area contributed by atoms with Crippen molar-refractivity contribution in [3.63, 3.8) is 0 Å². The van der Waals surface area contributed by atoms with Crippen LogP contribution in [0, 0.1) is 0 Å². The van der Waals surface area contributed by atoms with Crippen LogP contribution in [-0.2, 0) is 0 Å². The lowest BCUT2D eigenvalue weighted by atomic mass is 10.3. The maximum absolute atomic E-state index is 7.62. The second-order valence-electron chi connectivity index (χ2n) is 3.36. The molecule has 0 aliphatic carbocycles. The van der Waals surface area contributed by atoms with Crippen LogP contribution in [0.5, 0.6) is 11.5 Å². The third-order valence-corrected chi connectivity index (χ3v) is 2.54. The summed E-state index contributed by atoms with van der Waals surface area (Å²) in [5, 5.41) is 15.2. The first-order chi connectivity index (χ1) is 9.36. The summed E-state index contributed by atoms with van der Waals surface area (Å²) in [6, 6.07) is 19.3. The van der Waals surface area contributed by atoms with E-state index >= 15 is 0 Å². The second-order valence-corrected chi connectivity index (χ2v) is 3.94. The molecule has 0 unspecified atom stereocenters. The number of rotatable bonds is 5. The number of hydrogen-bond acceptors (Lipinski definition) is 4. The molecule has 0 heterocycles. The van der Waals surface area contributed by atoms with Crippen molar-refractivity contribution in [3.05, 3.63) is 60.7 Å². The Bertz CT molecular complexity index is 380. The van der Waals surface area contributed by atoms with Crippen LogP contribution in [0.1, 0.15) is 0 Å². The van der Waals surface area contributed by atoms with Crippen LogP contribution in [0.4, 0.5) is 0 Å². The minimum absolute atomic E-state index is 0.0129. The largest absolute Gasteiger partial charge is 0.441 e. The van der Waals surface area contributed by atoms with Crippen LogP contribution in [-0.4, -0.2) is 23.4 Å². The molecule has 2 N–H and O–H groups in total. The first-order valence-electron chi connectivity index (χ1n) is 5.77. The molecular weight excluding hydrogens is 263 g/mol. The molecule has 0 bridgehead atoms. The van der Waals surface area contributed by atoms with E-state index < -0.39 is 0 Å². The van der Waals surface area contributed by atoms with Crippen LogP contribution >= 0.6 is 9.03 Å². The Morgan fingerprint density at radius 3 is 1.37 bits per heavy atom. The van der Waals surface area contributed by atoms with E-state index in [1.807, 2.05) is 60.7 Å². The van der Waals surface area contributed by atoms with Crippen molar-refractivity contribution in [2.75, 3.05) is 13.2 Å². The van der Waals surface area contributed by atoms with Crippen molar-refractivity contribution in [1.29, 1.82) is 0 Å². The van der Waals surface area contributed by atoms with E-state index in [-0.39, 0.29) is 22.2 Å². The highest BCUT2D eigenvalue weighted by molar-refractivity contribution is 7.27. The van der Waals surface area contributed by atoms with Gasteiger partial charge in [-0.2, -0.15) is 0 Å². The Labute approximate surface area is 114 Å². The topological polar surface area (TPSA) is 58.9 Å². The maximum Gasteiger partial charge on any atom is 0.275 e. The molecule has 102 valence electrons. The van der Waals surface area contributed by atoms with Gasteiger partial charge in [0.1, 0.15) is 11.5 Å². The molecule has 0 fully saturated rings. The van der Waals surface area contributed by atoms with Gasteiger partial charge >= 0.3 is 0 Å². The van der Waals surface area contributed by atoms with Gasteiger partial charge in [-0.3, -0.25) is 0 Å². The zero-order valence-corrected chi connectivity index (χ0v) is 11.4. The molecular formula is C14H17O4P. The zero-order chi connectivity index (χ0) is 13.8. The van der Waals surface area contributed by atoms with Gasteiger partial charge in [-0.15, -0.1) is 0 Å². The molecule has 4 nitrogen and oxygen atoms in total. The van der Waals surface area contributed by atoms with Gasteiger partial charge < -0.3 is 19.3 Å². The van der Waals surface area contributed by atoms with E-state index in [9.17, 15) is 0 Å². The minimum Gasteiger partial charge on any atom is -0.441 e. The lowest BCUT2D eigenvalue weighted by molar-refractivity contribution is 0.186. The molecule has 0 atom stereocenters. The lowest BCUT2D eigenvalue weighted by Gasteiger charge is -2.06. The van der Waals surface area contributed by atoms with Gasteiger partial charge in [-0.25, -0.2) is 0 Å². The predicted molar refractivity (Wildman–Crippen MR) is 76.6 cm³/mol. The predicted octanol–water partition coefficient (Wildman–Crippen LogP) is 2.62. The zero-order valence-electron chi connectivity index (χ0n) is 10.4. The Morgan fingerprint density at radius 2 is 1.05 bits per heavy atom. The van der Waals surface area contributed by atoms with E-state index in [1.54, 1.807) is 0 Å².